The Labute approximate surface area is 166 Å². The normalized spacial score (nSPS) is 14.6. The van der Waals surface area contributed by atoms with Crippen molar-refractivity contribution in [3.63, 3.8) is 0 Å². The van der Waals surface area contributed by atoms with Crippen LogP contribution in [0.4, 0.5) is 5.69 Å². The largest absolute Gasteiger partial charge is 0.495 e. The molecule has 1 aliphatic heterocycles. The van der Waals surface area contributed by atoms with Crippen LogP contribution in [-0.2, 0) is 16.6 Å². The van der Waals surface area contributed by atoms with Gasteiger partial charge in [-0.2, -0.15) is 0 Å². The third kappa shape index (κ3) is 3.70. The summed E-state index contributed by atoms with van der Waals surface area (Å²) in [6, 6.07) is 12.5. The summed E-state index contributed by atoms with van der Waals surface area (Å²) >= 11 is 0. The smallest absolute Gasteiger partial charge is 0.254 e. The number of rotatable bonds is 4. The number of ether oxygens (including phenoxy) is 1. The van der Waals surface area contributed by atoms with Crippen molar-refractivity contribution in [2.24, 2.45) is 0 Å². The lowest BCUT2D eigenvalue weighted by Gasteiger charge is -2.22. The molecule has 1 amide bonds. The van der Waals surface area contributed by atoms with Crippen molar-refractivity contribution in [1.82, 2.24) is 9.21 Å². The number of hydrogen-bond donors (Lipinski definition) is 0. The van der Waals surface area contributed by atoms with Crippen LogP contribution in [0.15, 0.2) is 47.4 Å². The molecule has 150 valence electrons. The van der Waals surface area contributed by atoms with Crippen LogP contribution in [0.2, 0.25) is 0 Å². The Bertz CT molecular complexity index is 989. The minimum atomic E-state index is -3.74. The van der Waals surface area contributed by atoms with E-state index in [0.29, 0.717) is 25.2 Å². The molecule has 28 heavy (non-hydrogen) atoms. The first-order valence-corrected chi connectivity index (χ1v) is 10.4. The molecule has 2 aromatic carbocycles. The van der Waals surface area contributed by atoms with Crippen molar-refractivity contribution in [3.05, 3.63) is 53.6 Å². The minimum Gasteiger partial charge on any atom is -0.495 e. The number of sulfonamides is 1. The van der Waals surface area contributed by atoms with Gasteiger partial charge < -0.3 is 14.5 Å². The molecule has 0 aromatic heterocycles. The van der Waals surface area contributed by atoms with Gasteiger partial charge >= 0.3 is 0 Å². The van der Waals surface area contributed by atoms with Crippen molar-refractivity contribution >= 4 is 21.6 Å². The van der Waals surface area contributed by atoms with Crippen molar-refractivity contribution < 1.29 is 17.9 Å². The first kappa shape index (κ1) is 20.2. The van der Waals surface area contributed by atoms with E-state index in [4.69, 9.17) is 4.74 Å². The molecule has 0 atom stereocenters. The van der Waals surface area contributed by atoms with Gasteiger partial charge in [0.1, 0.15) is 10.6 Å². The van der Waals surface area contributed by atoms with Crippen LogP contribution >= 0.6 is 0 Å². The number of benzene rings is 2. The molecule has 0 radical (unpaired) electrons. The van der Waals surface area contributed by atoms with E-state index in [1.165, 1.54) is 33.3 Å². The third-order valence-corrected chi connectivity index (χ3v) is 6.76. The van der Waals surface area contributed by atoms with Crippen molar-refractivity contribution in [2.45, 2.75) is 11.4 Å². The van der Waals surface area contributed by atoms with Gasteiger partial charge in [0.05, 0.1) is 7.11 Å². The van der Waals surface area contributed by atoms with Crippen LogP contribution in [0.1, 0.15) is 15.9 Å². The van der Waals surface area contributed by atoms with E-state index in [-0.39, 0.29) is 16.6 Å². The molecule has 8 heteroatoms. The van der Waals surface area contributed by atoms with Crippen LogP contribution < -0.4 is 9.64 Å². The van der Waals surface area contributed by atoms with E-state index in [0.717, 1.165) is 15.6 Å². The highest BCUT2D eigenvalue weighted by atomic mass is 32.2. The van der Waals surface area contributed by atoms with Gasteiger partial charge in [0.2, 0.25) is 10.0 Å². The topological polar surface area (TPSA) is 70.2 Å². The quantitative estimate of drug-likeness (QED) is 0.781. The van der Waals surface area contributed by atoms with Crippen molar-refractivity contribution in [1.29, 1.82) is 0 Å². The Balaban J connectivity index is 1.97. The molecular weight excluding hydrogens is 378 g/mol. The number of hydrogen-bond acceptors (Lipinski definition) is 5. The summed E-state index contributed by atoms with van der Waals surface area (Å²) in [6.07, 6.45) is 0. The highest BCUT2D eigenvalue weighted by Crippen LogP contribution is 2.29. The summed E-state index contributed by atoms with van der Waals surface area (Å²) in [7, 11) is 2.57. The maximum absolute atomic E-state index is 13.2. The second-order valence-electron chi connectivity index (χ2n) is 6.93. The predicted molar refractivity (Wildman–Crippen MR) is 108 cm³/mol. The Hall–Kier alpha value is -2.58. The van der Waals surface area contributed by atoms with Gasteiger partial charge in [0.25, 0.3) is 5.91 Å². The molecule has 0 unspecified atom stereocenters. The van der Waals surface area contributed by atoms with E-state index in [1.54, 1.807) is 11.0 Å². The highest BCUT2D eigenvalue weighted by molar-refractivity contribution is 7.89. The van der Waals surface area contributed by atoms with Crippen molar-refractivity contribution in [3.8, 4) is 5.75 Å². The number of amides is 1. The summed E-state index contributed by atoms with van der Waals surface area (Å²) in [5.74, 6) is 0.00848. The third-order valence-electron chi connectivity index (χ3n) is 4.93. The average Bonchev–Trinajstić information content (AvgIpc) is 2.86. The van der Waals surface area contributed by atoms with Crippen molar-refractivity contribution in [2.75, 3.05) is 46.2 Å². The molecule has 0 bridgehead atoms. The second-order valence-corrected chi connectivity index (χ2v) is 9.05. The zero-order valence-electron chi connectivity index (χ0n) is 16.5. The highest BCUT2D eigenvalue weighted by Gasteiger charge is 2.27. The summed E-state index contributed by atoms with van der Waals surface area (Å²) in [4.78, 5) is 17.0. The molecule has 3 rings (SSSR count). The standard InChI is InChI=1S/C20H25N3O4S/c1-21(2)28(25,26)19-13-15(9-10-18(19)27-4)20(24)23-12-11-22(3)17-8-6-5-7-16(17)14-23/h5-10,13H,11-12,14H2,1-4H3. The van der Waals surface area contributed by atoms with E-state index in [2.05, 4.69) is 4.90 Å². The van der Waals surface area contributed by atoms with Gasteiger partial charge in [0, 0.05) is 52.0 Å². The number of methoxy groups -OCH3 is 1. The molecule has 0 spiro atoms. The van der Waals surface area contributed by atoms with Gasteiger partial charge in [-0.15, -0.1) is 0 Å². The van der Waals surface area contributed by atoms with Gasteiger partial charge in [-0.05, 0) is 29.8 Å². The SMILES string of the molecule is COc1ccc(C(=O)N2CCN(C)c3ccccc3C2)cc1S(=O)(=O)N(C)C. The van der Waals surface area contributed by atoms with Crippen LogP contribution in [0, 0.1) is 0 Å². The molecular formula is C20H25N3O4S. The van der Waals surface area contributed by atoms with E-state index in [9.17, 15) is 13.2 Å². The number of nitrogens with zero attached hydrogens (tertiary/aromatic N) is 3. The first-order chi connectivity index (χ1) is 13.3. The van der Waals surface area contributed by atoms with Crippen LogP contribution in [0.3, 0.4) is 0 Å². The first-order valence-electron chi connectivity index (χ1n) is 8.94. The molecule has 0 saturated heterocycles. The Morgan fingerprint density at radius 3 is 2.50 bits per heavy atom. The summed E-state index contributed by atoms with van der Waals surface area (Å²) in [5.41, 5.74) is 2.48. The van der Waals surface area contributed by atoms with E-state index in [1.807, 2.05) is 31.3 Å². The number of carbonyl (C=O) groups is 1. The summed E-state index contributed by atoms with van der Waals surface area (Å²) < 4.78 is 31.6. The monoisotopic (exact) mass is 403 g/mol. The van der Waals surface area contributed by atoms with E-state index >= 15 is 0 Å². The predicted octanol–water partition coefficient (Wildman–Crippen LogP) is 2.04. The molecule has 2 aromatic rings. The lowest BCUT2D eigenvalue weighted by atomic mass is 10.1. The zero-order chi connectivity index (χ0) is 20.5. The fraction of sp³-hybridized carbons (Fsp3) is 0.350. The second kappa shape index (κ2) is 7.81. The van der Waals surface area contributed by atoms with Gasteiger partial charge in [-0.3, -0.25) is 4.79 Å². The van der Waals surface area contributed by atoms with Crippen LogP contribution in [0.5, 0.6) is 5.75 Å². The zero-order valence-corrected chi connectivity index (χ0v) is 17.4. The maximum Gasteiger partial charge on any atom is 0.254 e. The molecule has 0 saturated carbocycles. The lowest BCUT2D eigenvalue weighted by Crippen LogP contribution is -2.34. The van der Waals surface area contributed by atoms with E-state index < -0.39 is 10.0 Å². The fourth-order valence-electron chi connectivity index (χ4n) is 3.26. The molecule has 0 fully saturated rings. The maximum atomic E-state index is 13.2. The number of fused-ring (bicyclic) bond motifs is 1. The summed E-state index contributed by atoms with van der Waals surface area (Å²) in [5, 5.41) is 0. The Morgan fingerprint density at radius 2 is 1.82 bits per heavy atom. The number of likely N-dealkylation sites (N-methyl/N-ethyl adjacent to an activating group) is 1. The van der Waals surface area contributed by atoms with Gasteiger partial charge in [0.15, 0.2) is 0 Å². The van der Waals surface area contributed by atoms with Gasteiger partial charge in [-0.1, -0.05) is 18.2 Å². The Morgan fingerprint density at radius 1 is 1.11 bits per heavy atom. The lowest BCUT2D eigenvalue weighted by molar-refractivity contribution is 0.0751. The number of anilines is 1. The molecule has 0 N–H and O–H groups in total. The number of carbonyl (C=O) groups excluding carboxylic acids is 1. The molecule has 1 aliphatic rings. The number of para-hydroxylation sites is 1. The minimum absolute atomic E-state index is 0.0156. The molecule has 1 heterocycles. The molecule has 7 nitrogen and oxygen atoms in total. The van der Waals surface area contributed by atoms with Gasteiger partial charge in [-0.25, -0.2) is 12.7 Å². The fourth-order valence-corrected chi connectivity index (χ4v) is 4.33. The molecule has 0 aliphatic carbocycles. The van der Waals surface area contributed by atoms with Crippen LogP contribution in [-0.4, -0.2) is 64.9 Å². The summed E-state index contributed by atoms with van der Waals surface area (Å²) in [6.45, 7) is 1.72. The Kier molecular flexibility index (Phi) is 5.62. The average molecular weight is 404 g/mol. The van der Waals surface area contributed by atoms with Crippen LogP contribution in [0.25, 0.3) is 0 Å².